The van der Waals surface area contributed by atoms with Crippen LogP contribution in [0.15, 0.2) is 48.5 Å². The molecule has 0 amide bonds. The molecule has 0 aliphatic heterocycles. The molecule has 0 heterocycles. The Balaban J connectivity index is 0.000000236. The van der Waals surface area contributed by atoms with Crippen molar-refractivity contribution in [1.29, 1.82) is 0 Å². The van der Waals surface area contributed by atoms with Gasteiger partial charge in [-0.3, -0.25) is 0 Å². The third-order valence-electron chi connectivity index (χ3n) is 4.80. The van der Waals surface area contributed by atoms with Gasteiger partial charge in [0.05, 0.1) is 0 Å². The first-order valence-corrected chi connectivity index (χ1v) is 7.86. The van der Waals surface area contributed by atoms with Gasteiger partial charge in [-0.2, -0.15) is 58.1 Å². The van der Waals surface area contributed by atoms with Gasteiger partial charge < -0.3 is 0 Å². The third-order valence-corrected chi connectivity index (χ3v) is 4.80. The molecule has 0 saturated heterocycles. The zero-order valence-corrected chi connectivity index (χ0v) is 19.8. The molecule has 0 saturated carbocycles. The molecule has 0 N–H and O–H groups in total. The van der Waals surface area contributed by atoms with E-state index >= 15 is 0 Å². The van der Waals surface area contributed by atoms with Crippen LogP contribution in [0.2, 0.25) is 0 Å². The minimum Gasteiger partial charge on any atom is -0.199 e. The van der Waals surface area contributed by atoms with Crippen LogP contribution in [0.3, 0.4) is 0 Å². The Kier molecular flexibility index (Phi) is 7.70. The molecule has 1 radical (unpaired) electrons. The van der Waals surface area contributed by atoms with Crippen molar-refractivity contribution in [3.63, 3.8) is 0 Å². The molecule has 0 atom stereocenters. The van der Waals surface area contributed by atoms with Gasteiger partial charge in [0.1, 0.15) is 0 Å². The number of benzene rings is 2. The van der Waals surface area contributed by atoms with Crippen molar-refractivity contribution >= 4 is 11.0 Å². The van der Waals surface area contributed by atoms with Crippen molar-refractivity contribution in [2.24, 2.45) is 0 Å². The van der Waals surface area contributed by atoms with E-state index in [0.717, 1.165) is 6.42 Å². The molecular weight excluding hydrogens is 384 g/mol. The average Bonchev–Trinajstić information content (AvgIpc) is 3.01. The van der Waals surface area contributed by atoms with Crippen molar-refractivity contribution in [3.05, 3.63) is 88.0 Å². The first-order chi connectivity index (χ1) is 10.6. The van der Waals surface area contributed by atoms with Gasteiger partial charge in [0.2, 0.25) is 0 Å². The summed E-state index contributed by atoms with van der Waals surface area (Å²) in [5.74, 6) is 0. The molecule has 3 aromatic carbocycles. The summed E-state index contributed by atoms with van der Waals surface area (Å²) in [4.78, 5) is 0. The molecule has 2 heteroatoms. The second kappa shape index (κ2) is 8.83. The van der Waals surface area contributed by atoms with Crippen molar-refractivity contribution in [3.8, 4) is 11.1 Å². The SMILES string of the molecule is Cc1c[c-](C)c(C)c1C.[SiH3].[Zr+2].[c-]1cccc2c1Cc1ccccc1-2. The van der Waals surface area contributed by atoms with Crippen LogP contribution < -0.4 is 0 Å². The molecule has 0 fully saturated rings. The summed E-state index contributed by atoms with van der Waals surface area (Å²) in [7, 11) is 0. The molecule has 0 aromatic heterocycles. The van der Waals surface area contributed by atoms with E-state index in [9.17, 15) is 0 Å². The van der Waals surface area contributed by atoms with Crippen molar-refractivity contribution in [1.82, 2.24) is 0 Å². The topological polar surface area (TPSA) is 0 Å². The van der Waals surface area contributed by atoms with Crippen LogP contribution in [0.25, 0.3) is 11.1 Å². The van der Waals surface area contributed by atoms with Gasteiger partial charge in [-0.05, 0) is 17.4 Å². The first-order valence-electron chi connectivity index (χ1n) is 7.86. The Hall–Kier alpha value is -1.11. The molecule has 0 spiro atoms. The third kappa shape index (κ3) is 4.10. The fourth-order valence-corrected chi connectivity index (χ4v) is 3.13. The van der Waals surface area contributed by atoms with E-state index in [1.807, 2.05) is 6.07 Å². The van der Waals surface area contributed by atoms with Crippen molar-refractivity contribution in [2.75, 3.05) is 0 Å². The standard InChI is InChI=1S/C13H9.C9H13.H3Si.Zr/c1-3-7-12-10(5-1)9-11-6-2-4-8-13(11)12;1-6-5-7(2)9(4)8(6)3;;/h1-5,7-8H,9H2;5H,1-4H3;1H3;/q2*-1;;+2. The summed E-state index contributed by atoms with van der Waals surface area (Å²) < 4.78 is 0. The molecule has 1 aliphatic rings. The van der Waals surface area contributed by atoms with Crippen LogP contribution >= 0.6 is 0 Å². The Morgan fingerprint density at radius 3 is 2.21 bits per heavy atom. The van der Waals surface area contributed by atoms with Crippen LogP contribution in [0, 0.1) is 33.8 Å². The van der Waals surface area contributed by atoms with Crippen LogP contribution in [-0.4, -0.2) is 11.0 Å². The Bertz CT molecular complexity index is 749. The van der Waals surface area contributed by atoms with Gasteiger partial charge in [-0.1, -0.05) is 63.1 Å². The van der Waals surface area contributed by atoms with Gasteiger partial charge in [0.25, 0.3) is 0 Å². The van der Waals surface area contributed by atoms with E-state index in [-0.39, 0.29) is 37.2 Å². The molecule has 1 aliphatic carbocycles. The molecule has 121 valence electrons. The maximum Gasteiger partial charge on any atom is 2.00 e. The monoisotopic (exact) mass is 407 g/mol. The van der Waals surface area contributed by atoms with Crippen LogP contribution in [-0.2, 0) is 32.6 Å². The van der Waals surface area contributed by atoms with Crippen LogP contribution in [0.1, 0.15) is 33.4 Å². The first kappa shape index (κ1) is 20.9. The minimum atomic E-state index is 0. The van der Waals surface area contributed by atoms with Gasteiger partial charge in [0.15, 0.2) is 0 Å². The van der Waals surface area contributed by atoms with E-state index < -0.39 is 0 Å². The molecule has 0 nitrogen and oxygen atoms in total. The second-order valence-corrected chi connectivity index (χ2v) is 6.16. The van der Waals surface area contributed by atoms with Gasteiger partial charge in [0, 0.05) is 0 Å². The van der Waals surface area contributed by atoms with E-state index in [1.165, 1.54) is 44.5 Å². The number of hydrogen-bond donors (Lipinski definition) is 0. The van der Waals surface area contributed by atoms with E-state index in [0.29, 0.717) is 0 Å². The summed E-state index contributed by atoms with van der Waals surface area (Å²) in [5.41, 5.74) is 11.3. The number of rotatable bonds is 0. The summed E-state index contributed by atoms with van der Waals surface area (Å²) in [6.45, 7) is 8.68. The second-order valence-electron chi connectivity index (χ2n) is 6.16. The minimum absolute atomic E-state index is 0. The zero-order valence-electron chi connectivity index (χ0n) is 15.3. The summed E-state index contributed by atoms with van der Waals surface area (Å²) in [6, 6.07) is 20.3. The fraction of sp³-hybridized carbons (Fsp3) is 0.227. The Morgan fingerprint density at radius 2 is 1.62 bits per heavy atom. The number of fused-ring (bicyclic) bond motifs is 3. The summed E-state index contributed by atoms with van der Waals surface area (Å²) in [6.07, 6.45) is 1.05. The normalized spacial score (nSPS) is 10.5. The molecular formula is C22H25SiZr. The number of hydrogen-bond acceptors (Lipinski definition) is 0. The summed E-state index contributed by atoms with van der Waals surface area (Å²) in [5, 5.41) is 0. The van der Waals surface area contributed by atoms with Crippen molar-refractivity contribution in [2.45, 2.75) is 34.1 Å². The van der Waals surface area contributed by atoms with E-state index in [1.54, 1.807) is 0 Å². The Labute approximate surface area is 169 Å². The fourth-order valence-electron chi connectivity index (χ4n) is 3.13. The van der Waals surface area contributed by atoms with Gasteiger partial charge in [-0.25, -0.2) is 0 Å². The van der Waals surface area contributed by atoms with Crippen LogP contribution in [0.5, 0.6) is 0 Å². The summed E-state index contributed by atoms with van der Waals surface area (Å²) >= 11 is 0. The molecule has 24 heavy (non-hydrogen) atoms. The average molecular weight is 409 g/mol. The van der Waals surface area contributed by atoms with E-state index in [4.69, 9.17) is 0 Å². The maximum absolute atomic E-state index is 3.30. The maximum atomic E-state index is 3.30. The van der Waals surface area contributed by atoms with Crippen molar-refractivity contribution < 1.29 is 26.2 Å². The van der Waals surface area contributed by atoms with Crippen LogP contribution in [0.4, 0.5) is 0 Å². The quantitative estimate of drug-likeness (QED) is 0.297. The van der Waals surface area contributed by atoms with Gasteiger partial charge >= 0.3 is 26.2 Å². The smallest absolute Gasteiger partial charge is 0.199 e. The Morgan fingerprint density at radius 1 is 0.958 bits per heavy atom. The molecule has 0 bridgehead atoms. The largest absolute Gasteiger partial charge is 2.00 e. The molecule has 4 rings (SSSR count). The van der Waals surface area contributed by atoms with E-state index in [2.05, 4.69) is 76.2 Å². The predicted octanol–water partition coefficient (Wildman–Crippen LogP) is 4.51. The number of aryl methyl sites for hydroxylation is 2. The zero-order chi connectivity index (χ0) is 15.7. The predicted molar refractivity (Wildman–Crippen MR) is 104 cm³/mol. The van der Waals surface area contributed by atoms with Gasteiger partial charge in [-0.15, -0.1) is 5.56 Å². The molecule has 0 unspecified atom stereocenters. The molecule has 3 aromatic rings.